The third-order valence-corrected chi connectivity index (χ3v) is 20.1. The maximum atomic E-state index is 13.1. The molecule has 101 heavy (non-hydrogen) atoms. The number of primary sulfonamides is 1. The molecule has 0 spiro atoms. The summed E-state index contributed by atoms with van der Waals surface area (Å²) in [6.07, 6.45) is 2.10. The molecular weight excluding hydrogens is 1420 g/mol. The molecule has 4 aliphatic rings. The molecule has 2 atom stereocenters. The lowest BCUT2D eigenvalue weighted by atomic mass is 9.93. The lowest BCUT2D eigenvalue weighted by molar-refractivity contribution is -0.190. The molecule has 2 aliphatic heterocycles. The molecule has 4 N–H and O–H groups in total. The number of ether oxygens (including phenoxy) is 4. The third-order valence-electron chi connectivity index (χ3n) is 17.5. The van der Waals surface area contributed by atoms with Crippen LogP contribution in [0, 0.1) is 22.7 Å². The number of pyridine rings is 2. The monoisotopic (exact) mass is 1500 g/mol. The largest absolute Gasteiger partial charge is 0.478 e. The first-order valence-electron chi connectivity index (χ1n) is 32.4. The minimum Gasteiger partial charge on any atom is -0.478 e. The van der Waals surface area contributed by atoms with Gasteiger partial charge in [-0.2, -0.15) is 45.0 Å². The van der Waals surface area contributed by atoms with Gasteiger partial charge in [-0.25, -0.2) is 52.0 Å². The van der Waals surface area contributed by atoms with Gasteiger partial charge in [0.2, 0.25) is 11.8 Å². The van der Waals surface area contributed by atoms with Crippen molar-refractivity contribution >= 4 is 67.3 Å². The van der Waals surface area contributed by atoms with Crippen LogP contribution in [0.5, 0.6) is 11.8 Å². The van der Waals surface area contributed by atoms with Gasteiger partial charge in [0.25, 0.3) is 26.0 Å². The van der Waals surface area contributed by atoms with Crippen LogP contribution in [0.2, 0.25) is 10.3 Å². The predicted molar refractivity (Wildman–Crippen MR) is 355 cm³/mol. The number of carboxylic acid groups (broad SMARTS) is 1. The summed E-state index contributed by atoms with van der Waals surface area (Å²) in [5.74, 6) is -0.938. The Morgan fingerprint density at radius 2 is 0.990 bits per heavy atom. The molecule has 8 heterocycles. The van der Waals surface area contributed by atoms with Crippen LogP contribution < -0.4 is 19.3 Å². The normalized spacial score (nSPS) is 18.4. The summed E-state index contributed by atoms with van der Waals surface area (Å²) in [6.45, 7) is 21.3. The van der Waals surface area contributed by atoms with Crippen LogP contribution in [0.25, 0.3) is 11.6 Å². The molecule has 10 rings (SSSR count). The second kappa shape index (κ2) is 30.3. The highest BCUT2D eigenvalue weighted by atomic mass is 35.5. The SMILES string of the molecule is CC(C)(C)OC(=O)N1CC(CCCn2ccc(S(=O)(=O)NC(=O)c3ccc(-n4ccc(OCCC5(C(F)(F)F)CC5)n4)nc3Cl)n2)CC1(C)C.CC(C)(C)OC(=O)N1CC(CCCn2ccc(S(N)(=O)=O)n2)CC1(C)C.O=C(O)c1ccc(-n2ccc(OCCC3(C(F)(F)F)CC3)n2)nc1Cl. The predicted octanol–water partition coefficient (Wildman–Crippen LogP) is 12.2. The van der Waals surface area contributed by atoms with Crippen molar-refractivity contribution in [3.8, 4) is 23.4 Å². The maximum absolute atomic E-state index is 13.1. The molecule has 2 aliphatic carbocycles. The minimum atomic E-state index is -4.36. The first kappa shape index (κ1) is 79.0. The molecule has 0 radical (unpaired) electrons. The molecule has 0 aromatic carbocycles. The number of amides is 3. The Hall–Kier alpha value is -7.76. The summed E-state index contributed by atoms with van der Waals surface area (Å²) < 4.78 is 156. The van der Waals surface area contributed by atoms with Gasteiger partial charge >= 0.3 is 30.5 Å². The summed E-state index contributed by atoms with van der Waals surface area (Å²) in [6, 6.07) is 11.0. The van der Waals surface area contributed by atoms with Crippen LogP contribution in [0.1, 0.15) is 167 Å². The van der Waals surface area contributed by atoms with Crippen molar-refractivity contribution in [1.82, 2.24) is 63.6 Å². The van der Waals surface area contributed by atoms with E-state index < -0.39 is 66.3 Å². The van der Waals surface area contributed by atoms with E-state index in [9.17, 15) is 62.4 Å². The Labute approximate surface area is 590 Å². The highest BCUT2D eigenvalue weighted by Gasteiger charge is 2.63. The number of nitrogens with zero attached hydrogens (tertiary/aromatic N) is 12. The van der Waals surface area contributed by atoms with Crippen molar-refractivity contribution in [2.45, 2.75) is 204 Å². The van der Waals surface area contributed by atoms with E-state index >= 15 is 0 Å². The Morgan fingerprint density at radius 3 is 1.35 bits per heavy atom. The molecule has 37 heteroatoms. The van der Waals surface area contributed by atoms with E-state index in [0.717, 1.165) is 32.1 Å². The second-order valence-corrected chi connectivity index (χ2v) is 32.7. The fourth-order valence-corrected chi connectivity index (χ4v) is 13.6. The first-order valence-corrected chi connectivity index (χ1v) is 36.2. The van der Waals surface area contributed by atoms with Gasteiger partial charge in [-0.1, -0.05) is 23.2 Å². The molecular formula is C64H84Cl2F6N14O13S2. The summed E-state index contributed by atoms with van der Waals surface area (Å²) >= 11 is 12.0. The number of aromatic nitrogens is 10. The Bertz CT molecular complexity index is 4180. The first-order chi connectivity index (χ1) is 46.7. The molecule has 556 valence electrons. The van der Waals surface area contributed by atoms with Crippen molar-refractivity contribution in [1.29, 1.82) is 0 Å². The topological polar surface area (TPSA) is 335 Å². The van der Waals surface area contributed by atoms with Gasteiger partial charge in [0.05, 0.1) is 35.2 Å². The van der Waals surface area contributed by atoms with Gasteiger partial charge in [0, 0.05) is 74.2 Å². The van der Waals surface area contributed by atoms with Crippen molar-refractivity contribution in [3.05, 3.63) is 94.8 Å². The van der Waals surface area contributed by atoms with E-state index in [1.165, 1.54) is 81.2 Å². The number of alkyl halides is 6. The number of halogens is 8. The van der Waals surface area contributed by atoms with E-state index in [1.807, 2.05) is 65.0 Å². The summed E-state index contributed by atoms with van der Waals surface area (Å²) in [7, 11) is -8.12. The number of likely N-dealkylation sites (tertiary alicyclic amines) is 2. The molecule has 2 unspecified atom stereocenters. The van der Waals surface area contributed by atoms with Gasteiger partial charge in [-0.3, -0.25) is 14.2 Å². The van der Waals surface area contributed by atoms with Crippen molar-refractivity contribution in [3.63, 3.8) is 0 Å². The van der Waals surface area contributed by atoms with Gasteiger partial charge in [0.15, 0.2) is 21.7 Å². The van der Waals surface area contributed by atoms with Crippen molar-refractivity contribution < 1.29 is 86.4 Å². The molecule has 27 nitrogen and oxygen atoms in total. The fourth-order valence-electron chi connectivity index (χ4n) is 11.8. The van der Waals surface area contributed by atoms with Crippen molar-refractivity contribution in [2.75, 3.05) is 26.3 Å². The highest BCUT2D eigenvalue weighted by molar-refractivity contribution is 7.90. The average Bonchev–Trinajstić information content (AvgIpc) is 1.62. The molecule has 2 saturated heterocycles. The van der Waals surface area contributed by atoms with Gasteiger partial charge < -0.3 is 33.9 Å². The number of nitrogens with one attached hydrogen (secondary N) is 1. The highest BCUT2D eigenvalue weighted by Crippen LogP contribution is 2.61. The number of carbonyl (C=O) groups is 4. The molecule has 3 amide bonds. The quantitative estimate of drug-likeness (QED) is 0.0396. The van der Waals surface area contributed by atoms with E-state index in [0.29, 0.717) is 38.5 Å². The van der Waals surface area contributed by atoms with E-state index in [2.05, 4.69) is 44.2 Å². The molecule has 2 saturated carbocycles. The lowest BCUT2D eigenvalue weighted by Crippen LogP contribution is -2.45. The zero-order valence-corrected chi connectivity index (χ0v) is 60.6. The van der Waals surface area contributed by atoms with Gasteiger partial charge in [-0.15, -0.1) is 10.2 Å². The van der Waals surface area contributed by atoms with E-state index in [4.69, 9.17) is 52.4 Å². The molecule has 6 aromatic rings. The Kier molecular flexibility index (Phi) is 23.7. The maximum Gasteiger partial charge on any atom is 0.410 e. The van der Waals surface area contributed by atoms with E-state index in [1.54, 1.807) is 15.8 Å². The number of aromatic carboxylic acids is 1. The van der Waals surface area contributed by atoms with E-state index in [-0.39, 0.29) is 136 Å². The molecule has 4 fully saturated rings. The van der Waals surface area contributed by atoms with Crippen LogP contribution in [-0.2, 0) is 42.6 Å². The molecule has 6 aromatic heterocycles. The Balaban J connectivity index is 0.000000213. The van der Waals surface area contributed by atoms with Gasteiger partial charge in [0.1, 0.15) is 21.5 Å². The van der Waals surface area contributed by atoms with Gasteiger partial charge in [-0.05, 0) is 195 Å². The lowest BCUT2D eigenvalue weighted by Gasteiger charge is -2.33. The number of sulfonamides is 2. The number of nitrogens with two attached hydrogens (primary N) is 1. The zero-order chi connectivity index (χ0) is 74.7. The standard InChI is InChI=1S/C32H41ClF3N7O6S.C17H30N4O4S.C15H13ClF3N3O3/c1-29(2,3)49-28(45)42-20-21(19-30(42,4)5)7-6-15-41-16-11-25(39-41)50(46,47)40-27(44)22-8-9-23(37-26(22)33)43-17-10-24(38-43)48-18-14-31(12-13-31)32(34,35)36;1-16(2,3)25-15(22)21-12-13(11-17(21,4)5)7-6-9-20-10-8-14(19-20)26(18,23)24;16-12-9(13(23)24)1-2-10(20-12)22-7-3-11(21-22)25-8-6-14(4-5-14)15(17,18)19/h8-11,16-17,21H,6-7,12-15,18-20H2,1-5H3,(H,40,44);8,10,13H,6-7,9,11-12H2,1-5H3,(H2,18,23,24);1-3,7H,4-6,8H2,(H,23,24). The van der Waals surface area contributed by atoms with Crippen LogP contribution in [0.3, 0.4) is 0 Å². The van der Waals surface area contributed by atoms with Crippen molar-refractivity contribution in [2.24, 2.45) is 27.8 Å². The fraction of sp³-hybridized carbons (Fsp3) is 0.594. The third kappa shape index (κ3) is 21.0. The van der Waals surface area contributed by atoms with Crippen LogP contribution in [0.4, 0.5) is 35.9 Å². The summed E-state index contributed by atoms with van der Waals surface area (Å²) in [5.41, 5.74) is -5.34. The minimum absolute atomic E-state index is 0.0838. The number of carboxylic acids is 1. The molecule has 0 bridgehead atoms. The number of hydrogen-bond donors (Lipinski definition) is 3. The number of carbonyl (C=O) groups excluding carboxylic acids is 3. The smallest absolute Gasteiger partial charge is 0.410 e. The Morgan fingerprint density at radius 1 is 0.594 bits per heavy atom. The zero-order valence-electron chi connectivity index (χ0n) is 57.4. The number of rotatable bonds is 23. The number of hydrogen-bond acceptors (Lipinski definition) is 18. The summed E-state index contributed by atoms with van der Waals surface area (Å²) in [4.78, 5) is 60.6. The second-order valence-electron chi connectivity index (χ2n) is 28.8. The summed E-state index contributed by atoms with van der Waals surface area (Å²) in [5, 5.41) is 29.3. The van der Waals surface area contributed by atoms with Crippen LogP contribution >= 0.6 is 23.2 Å². The average molecular weight is 1510 g/mol. The van der Waals surface area contributed by atoms with Crippen LogP contribution in [0.15, 0.2) is 83.4 Å². The number of aryl methyl sites for hydroxylation is 2. The van der Waals surface area contributed by atoms with Crippen LogP contribution in [-0.4, -0.2) is 166 Å².